The molecule has 0 spiro atoms. The lowest BCUT2D eigenvalue weighted by atomic mass is 9.47. The topological polar surface area (TPSA) is 58.9 Å². The molecule has 4 aliphatic carbocycles. The Balaban J connectivity index is 1.22. The van der Waals surface area contributed by atoms with Crippen molar-refractivity contribution in [3.8, 4) is 0 Å². The summed E-state index contributed by atoms with van der Waals surface area (Å²) < 4.78 is 11.8. The molecule has 4 rings (SSSR count). The highest BCUT2D eigenvalue weighted by atomic mass is 16.5. The molecular formula is C36H64O4. The number of aliphatic hydroxyl groups is 2. The van der Waals surface area contributed by atoms with Crippen molar-refractivity contribution in [3.05, 3.63) is 11.6 Å². The summed E-state index contributed by atoms with van der Waals surface area (Å²) in [5.41, 5.74) is 2.73. The highest BCUT2D eigenvalue weighted by molar-refractivity contribution is 5.25. The Morgan fingerprint density at radius 1 is 0.900 bits per heavy atom. The fourth-order valence-corrected chi connectivity index (χ4v) is 9.98. The number of fused-ring (bicyclic) bond motifs is 5. The van der Waals surface area contributed by atoms with Gasteiger partial charge in [0.25, 0.3) is 0 Å². The van der Waals surface area contributed by atoms with Crippen LogP contribution in [0.25, 0.3) is 0 Å². The second-order valence-electron chi connectivity index (χ2n) is 15.4. The van der Waals surface area contributed by atoms with Gasteiger partial charge in [-0.15, -0.1) is 0 Å². The molecule has 3 saturated carbocycles. The molecule has 3 fully saturated rings. The Hall–Kier alpha value is -0.420. The minimum Gasteiger partial charge on any atom is -0.394 e. The van der Waals surface area contributed by atoms with Crippen molar-refractivity contribution in [2.75, 3.05) is 26.4 Å². The van der Waals surface area contributed by atoms with E-state index < -0.39 is 6.10 Å². The van der Waals surface area contributed by atoms with Crippen molar-refractivity contribution >= 4 is 0 Å². The van der Waals surface area contributed by atoms with Gasteiger partial charge in [-0.3, -0.25) is 0 Å². The molecule has 1 unspecified atom stereocenters. The van der Waals surface area contributed by atoms with Crippen LogP contribution in [0.15, 0.2) is 11.6 Å². The van der Waals surface area contributed by atoms with Gasteiger partial charge in [0.15, 0.2) is 0 Å². The van der Waals surface area contributed by atoms with Gasteiger partial charge < -0.3 is 19.7 Å². The fourth-order valence-electron chi connectivity index (χ4n) is 9.98. The zero-order chi connectivity index (χ0) is 28.8. The molecule has 0 aromatic rings. The second-order valence-corrected chi connectivity index (χ2v) is 15.4. The summed E-state index contributed by atoms with van der Waals surface area (Å²) in [6.45, 7) is 14.2. The van der Waals surface area contributed by atoms with E-state index in [1.54, 1.807) is 5.57 Å². The summed E-state index contributed by atoms with van der Waals surface area (Å²) in [6, 6.07) is 0. The van der Waals surface area contributed by atoms with Crippen molar-refractivity contribution in [1.82, 2.24) is 0 Å². The number of hydrogen-bond acceptors (Lipinski definition) is 4. The smallest absolute Gasteiger partial charge is 0.100 e. The summed E-state index contributed by atoms with van der Waals surface area (Å²) >= 11 is 0. The van der Waals surface area contributed by atoms with Crippen molar-refractivity contribution in [3.63, 3.8) is 0 Å². The van der Waals surface area contributed by atoms with Gasteiger partial charge in [0.05, 0.1) is 19.3 Å². The molecular weight excluding hydrogens is 496 g/mol. The van der Waals surface area contributed by atoms with Crippen LogP contribution in [0.3, 0.4) is 0 Å². The summed E-state index contributed by atoms with van der Waals surface area (Å²) in [5.74, 6) is 5.42. The molecule has 232 valence electrons. The molecule has 4 nitrogen and oxygen atoms in total. The van der Waals surface area contributed by atoms with Gasteiger partial charge in [-0.2, -0.15) is 0 Å². The third kappa shape index (κ3) is 7.56. The number of unbranched alkanes of at least 4 members (excludes halogenated alkanes) is 3. The molecule has 0 aromatic carbocycles. The minimum absolute atomic E-state index is 0.228. The molecule has 0 heterocycles. The molecule has 0 amide bonds. The van der Waals surface area contributed by atoms with E-state index in [1.807, 2.05) is 0 Å². The van der Waals surface area contributed by atoms with E-state index in [0.29, 0.717) is 23.5 Å². The molecule has 0 saturated heterocycles. The van der Waals surface area contributed by atoms with Crippen LogP contribution in [0.2, 0.25) is 0 Å². The molecule has 4 heteroatoms. The van der Waals surface area contributed by atoms with Gasteiger partial charge in [0, 0.05) is 13.2 Å². The monoisotopic (exact) mass is 560 g/mol. The SMILES string of the molecule is CC(C)CCC[C@@H](C)[C@H]1CC[C@H]2[C@@H]3CC=C4C[C@@H](OCCCCCCOCC(O)CO)CC[C@]4(C)[C@H]3CC[C@]12C. The third-order valence-electron chi connectivity index (χ3n) is 12.3. The number of allylic oxidation sites excluding steroid dienone is 1. The highest BCUT2D eigenvalue weighted by Gasteiger charge is 2.59. The van der Waals surface area contributed by atoms with Gasteiger partial charge in [-0.1, -0.05) is 78.4 Å². The summed E-state index contributed by atoms with van der Waals surface area (Å²) in [7, 11) is 0. The molecule has 0 aliphatic heterocycles. The largest absolute Gasteiger partial charge is 0.394 e. The van der Waals surface area contributed by atoms with Crippen LogP contribution >= 0.6 is 0 Å². The third-order valence-corrected chi connectivity index (χ3v) is 12.3. The zero-order valence-electron chi connectivity index (χ0n) is 26.8. The Bertz CT molecular complexity index is 794. The Kier molecular flexibility index (Phi) is 12.1. The second kappa shape index (κ2) is 14.8. The molecule has 2 N–H and O–H groups in total. The minimum atomic E-state index is -0.748. The van der Waals surface area contributed by atoms with Crippen LogP contribution in [-0.4, -0.2) is 48.8 Å². The van der Waals surface area contributed by atoms with Gasteiger partial charge in [0.2, 0.25) is 0 Å². The summed E-state index contributed by atoms with van der Waals surface area (Å²) in [5, 5.41) is 18.1. The number of rotatable bonds is 16. The van der Waals surface area contributed by atoms with E-state index in [-0.39, 0.29) is 13.2 Å². The predicted molar refractivity (Wildman–Crippen MR) is 165 cm³/mol. The van der Waals surface area contributed by atoms with Crippen LogP contribution < -0.4 is 0 Å². The molecule has 4 aliphatic rings. The maximum Gasteiger partial charge on any atom is 0.100 e. The average molecular weight is 561 g/mol. The van der Waals surface area contributed by atoms with E-state index >= 15 is 0 Å². The van der Waals surface area contributed by atoms with Gasteiger partial charge in [-0.05, 0) is 111 Å². The molecule has 0 bridgehead atoms. The first-order valence-electron chi connectivity index (χ1n) is 17.4. The first-order chi connectivity index (χ1) is 19.2. The lowest BCUT2D eigenvalue weighted by Crippen LogP contribution is -2.51. The molecule has 0 aromatic heterocycles. The number of hydrogen-bond donors (Lipinski definition) is 2. The van der Waals surface area contributed by atoms with Crippen LogP contribution in [-0.2, 0) is 9.47 Å². The normalized spacial score (nSPS) is 37.0. The highest BCUT2D eigenvalue weighted by Crippen LogP contribution is 2.67. The van der Waals surface area contributed by atoms with Gasteiger partial charge >= 0.3 is 0 Å². The molecule has 0 radical (unpaired) electrons. The standard InChI is InChI=1S/C36H64O4/c1-26(2)11-10-12-27(3)32-15-16-33-31-14-13-28-23-30(17-19-35(28,4)34(31)18-20-36(32,33)5)40-22-9-7-6-8-21-39-25-29(38)24-37/h13,26-27,29-34,37-38H,6-12,14-25H2,1-5H3/t27-,29?,30+,31+,32-,33+,34+,35+,36-/m1/s1. The van der Waals surface area contributed by atoms with Crippen molar-refractivity contribution in [1.29, 1.82) is 0 Å². The first-order valence-corrected chi connectivity index (χ1v) is 17.4. The Morgan fingerprint density at radius 3 is 2.42 bits per heavy atom. The maximum atomic E-state index is 9.31. The Labute approximate surface area is 247 Å². The Morgan fingerprint density at radius 2 is 1.68 bits per heavy atom. The van der Waals surface area contributed by atoms with Crippen LogP contribution in [0.1, 0.15) is 131 Å². The summed E-state index contributed by atoms with van der Waals surface area (Å²) in [4.78, 5) is 0. The zero-order valence-corrected chi connectivity index (χ0v) is 26.8. The van der Waals surface area contributed by atoms with E-state index in [4.69, 9.17) is 14.6 Å². The van der Waals surface area contributed by atoms with E-state index in [9.17, 15) is 5.11 Å². The quantitative estimate of drug-likeness (QED) is 0.147. The van der Waals surface area contributed by atoms with Crippen molar-refractivity contribution < 1.29 is 19.7 Å². The maximum absolute atomic E-state index is 9.31. The van der Waals surface area contributed by atoms with Crippen LogP contribution in [0.5, 0.6) is 0 Å². The van der Waals surface area contributed by atoms with E-state index in [2.05, 4.69) is 40.7 Å². The van der Waals surface area contributed by atoms with Crippen LogP contribution in [0.4, 0.5) is 0 Å². The summed E-state index contributed by atoms with van der Waals surface area (Å²) in [6.07, 6.45) is 22.0. The van der Waals surface area contributed by atoms with Gasteiger partial charge in [0.1, 0.15) is 6.10 Å². The molecule has 40 heavy (non-hydrogen) atoms. The first kappa shape index (κ1) is 32.5. The van der Waals surface area contributed by atoms with E-state index in [0.717, 1.165) is 67.8 Å². The van der Waals surface area contributed by atoms with Gasteiger partial charge in [-0.25, -0.2) is 0 Å². The van der Waals surface area contributed by atoms with Crippen molar-refractivity contribution in [2.24, 2.45) is 46.3 Å². The number of aliphatic hydroxyl groups excluding tert-OH is 2. The molecule has 9 atom stereocenters. The predicted octanol–water partition coefficient (Wildman–Crippen LogP) is 8.34. The van der Waals surface area contributed by atoms with Crippen LogP contribution in [0, 0.1) is 46.3 Å². The lowest BCUT2D eigenvalue weighted by Gasteiger charge is -2.58. The van der Waals surface area contributed by atoms with E-state index in [1.165, 1.54) is 70.6 Å². The fraction of sp³-hybridized carbons (Fsp3) is 0.944. The lowest BCUT2D eigenvalue weighted by molar-refractivity contribution is -0.0641. The van der Waals surface area contributed by atoms with Crippen molar-refractivity contribution in [2.45, 2.75) is 143 Å². The average Bonchev–Trinajstić information content (AvgIpc) is 3.29. The number of ether oxygens (including phenoxy) is 2.